The van der Waals surface area contributed by atoms with Crippen molar-refractivity contribution in [3.05, 3.63) is 21.9 Å². The molecule has 0 aromatic carbocycles. The van der Waals surface area contributed by atoms with E-state index in [2.05, 4.69) is 4.74 Å². The second kappa shape index (κ2) is 4.17. The lowest BCUT2D eigenvalue weighted by atomic mass is 10.0. The van der Waals surface area contributed by atoms with Gasteiger partial charge in [-0.25, -0.2) is 9.59 Å². The smallest absolute Gasteiger partial charge is 0.408 e. The van der Waals surface area contributed by atoms with Crippen molar-refractivity contribution in [3.63, 3.8) is 0 Å². The number of carboxylic acid groups (broad SMARTS) is 1. The zero-order valence-corrected chi connectivity index (χ0v) is 9.69. The predicted molar refractivity (Wildman–Crippen MR) is 58.1 cm³/mol. The first kappa shape index (κ1) is 11.6. The molecule has 1 N–H and O–H groups in total. The van der Waals surface area contributed by atoms with Crippen LogP contribution in [-0.2, 0) is 9.53 Å². The van der Waals surface area contributed by atoms with E-state index in [0.717, 1.165) is 4.90 Å². The summed E-state index contributed by atoms with van der Waals surface area (Å²) in [5.41, 5.74) is 0.405. The third kappa shape index (κ3) is 1.78. The Kier molecular flexibility index (Phi) is 2.84. The van der Waals surface area contributed by atoms with Crippen LogP contribution < -0.4 is 0 Å². The lowest BCUT2D eigenvalue weighted by molar-refractivity contribution is -0.146. The average Bonchev–Trinajstić information content (AvgIpc) is 2.77. The van der Waals surface area contributed by atoms with E-state index in [1.807, 2.05) is 0 Å². The first-order valence-electron chi connectivity index (χ1n) is 4.74. The molecule has 0 fully saturated rings. The van der Waals surface area contributed by atoms with E-state index in [0.29, 0.717) is 10.4 Å². The summed E-state index contributed by atoms with van der Waals surface area (Å²) in [7, 11) is 1.19. The molecular formula is C10H9NO5S. The molecule has 90 valence electrons. The molecule has 0 aliphatic carbocycles. The van der Waals surface area contributed by atoms with Gasteiger partial charge in [0.1, 0.15) is 0 Å². The highest BCUT2D eigenvalue weighted by Gasteiger charge is 2.41. The minimum Gasteiger partial charge on any atom is -0.467 e. The molecule has 1 atom stereocenters. The van der Waals surface area contributed by atoms with E-state index in [1.54, 1.807) is 11.4 Å². The lowest BCUT2D eigenvalue weighted by Gasteiger charge is -2.30. The standard InChI is InChI=1S/C10H9NO5S/c1-16-9(13)7-8-5(2-3-17-8)6(12)4-11(7)10(14)15/h2-3,7H,4H2,1H3,(H,14,15). The van der Waals surface area contributed by atoms with E-state index in [4.69, 9.17) is 5.11 Å². The van der Waals surface area contributed by atoms with Gasteiger partial charge in [0.05, 0.1) is 13.7 Å². The Hall–Kier alpha value is -1.89. The topological polar surface area (TPSA) is 83.9 Å². The van der Waals surface area contributed by atoms with Crippen molar-refractivity contribution in [3.8, 4) is 0 Å². The number of carbonyl (C=O) groups excluding carboxylic acids is 2. The van der Waals surface area contributed by atoms with Gasteiger partial charge in [-0.15, -0.1) is 11.3 Å². The lowest BCUT2D eigenvalue weighted by Crippen LogP contribution is -2.45. The minimum atomic E-state index is -1.31. The van der Waals surface area contributed by atoms with Gasteiger partial charge in [-0.2, -0.15) is 0 Å². The average molecular weight is 255 g/mol. The summed E-state index contributed by atoms with van der Waals surface area (Å²) in [4.78, 5) is 35.5. The van der Waals surface area contributed by atoms with Gasteiger partial charge < -0.3 is 9.84 Å². The van der Waals surface area contributed by atoms with Gasteiger partial charge in [0.15, 0.2) is 11.8 Å². The highest BCUT2D eigenvalue weighted by Crippen LogP contribution is 2.34. The van der Waals surface area contributed by atoms with Crippen LogP contribution >= 0.6 is 11.3 Å². The molecule has 1 amide bonds. The Morgan fingerprint density at radius 3 is 2.88 bits per heavy atom. The van der Waals surface area contributed by atoms with Crippen molar-refractivity contribution in [2.24, 2.45) is 0 Å². The van der Waals surface area contributed by atoms with Crippen molar-refractivity contribution >= 4 is 29.2 Å². The molecule has 7 heteroatoms. The van der Waals surface area contributed by atoms with Crippen LogP contribution in [-0.4, -0.2) is 41.5 Å². The highest BCUT2D eigenvalue weighted by molar-refractivity contribution is 7.10. The van der Waals surface area contributed by atoms with Crippen molar-refractivity contribution in [2.45, 2.75) is 6.04 Å². The van der Waals surface area contributed by atoms with Crippen molar-refractivity contribution in [1.82, 2.24) is 4.90 Å². The Morgan fingerprint density at radius 1 is 1.59 bits per heavy atom. The summed E-state index contributed by atoms with van der Waals surface area (Å²) < 4.78 is 4.58. The first-order valence-corrected chi connectivity index (χ1v) is 5.62. The number of fused-ring (bicyclic) bond motifs is 1. The van der Waals surface area contributed by atoms with Crippen molar-refractivity contribution in [2.75, 3.05) is 13.7 Å². The molecule has 1 aromatic rings. The number of nitrogens with zero attached hydrogens (tertiary/aromatic N) is 1. The fourth-order valence-corrected chi connectivity index (χ4v) is 2.77. The maximum Gasteiger partial charge on any atom is 0.408 e. The molecule has 17 heavy (non-hydrogen) atoms. The van der Waals surface area contributed by atoms with Gasteiger partial charge in [0.25, 0.3) is 0 Å². The Morgan fingerprint density at radius 2 is 2.29 bits per heavy atom. The van der Waals surface area contributed by atoms with E-state index < -0.39 is 18.1 Å². The summed E-state index contributed by atoms with van der Waals surface area (Å²) in [6.07, 6.45) is -1.31. The van der Waals surface area contributed by atoms with Gasteiger partial charge in [0, 0.05) is 10.4 Å². The maximum atomic E-state index is 11.7. The number of ketones is 1. The van der Waals surface area contributed by atoms with Crippen LogP contribution in [0.4, 0.5) is 4.79 Å². The molecule has 0 saturated heterocycles. The maximum absolute atomic E-state index is 11.7. The molecule has 2 heterocycles. The number of esters is 1. The Balaban J connectivity index is 2.50. The summed E-state index contributed by atoms with van der Waals surface area (Å²) in [5.74, 6) is -0.979. The summed E-state index contributed by atoms with van der Waals surface area (Å²) >= 11 is 1.18. The van der Waals surface area contributed by atoms with Gasteiger partial charge in [0.2, 0.25) is 0 Å². The number of amides is 1. The zero-order valence-electron chi connectivity index (χ0n) is 8.87. The molecule has 6 nitrogen and oxygen atoms in total. The van der Waals surface area contributed by atoms with Gasteiger partial charge in [-0.05, 0) is 11.4 Å². The van der Waals surface area contributed by atoms with Crippen LogP contribution in [0.1, 0.15) is 21.3 Å². The van der Waals surface area contributed by atoms with E-state index >= 15 is 0 Å². The third-order valence-corrected chi connectivity index (χ3v) is 3.51. The Bertz CT molecular complexity index is 495. The molecule has 0 spiro atoms. The van der Waals surface area contributed by atoms with E-state index in [-0.39, 0.29) is 12.3 Å². The van der Waals surface area contributed by atoms with Crippen molar-refractivity contribution < 1.29 is 24.2 Å². The zero-order chi connectivity index (χ0) is 12.6. The SMILES string of the molecule is COC(=O)C1c2sccc2C(=O)CN1C(=O)O. The van der Waals surface area contributed by atoms with Gasteiger partial charge >= 0.3 is 12.1 Å². The number of methoxy groups -OCH3 is 1. The third-order valence-electron chi connectivity index (χ3n) is 2.54. The van der Waals surface area contributed by atoms with Gasteiger partial charge in [-0.1, -0.05) is 0 Å². The normalized spacial score (nSPS) is 18.8. The molecule has 0 radical (unpaired) electrons. The van der Waals surface area contributed by atoms with Crippen LogP contribution in [0.2, 0.25) is 0 Å². The van der Waals surface area contributed by atoms with Crippen LogP contribution in [0.25, 0.3) is 0 Å². The number of carbonyl (C=O) groups is 3. The van der Waals surface area contributed by atoms with Crippen LogP contribution in [0, 0.1) is 0 Å². The molecular weight excluding hydrogens is 246 g/mol. The molecule has 0 saturated carbocycles. The fraction of sp³-hybridized carbons (Fsp3) is 0.300. The molecule has 1 aliphatic rings. The predicted octanol–water partition coefficient (Wildman–Crippen LogP) is 1.14. The monoisotopic (exact) mass is 255 g/mol. The second-order valence-corrected chi connectivity index (χ2v) is 4.41. The first-order chi connectivity index (χ1) is 8.06. The number of Topliss-reactive ketones (excluding diaryl/α,β-unsaturated/α-hetero) is 1. The fourth-order valence-electron chi connectivity index (χ4n) is 1.76. The van der Waals surface area contributed by atoms with Crippen molar-refractivity contribution in [1.29, 1.82) is 0 Å². The Labute approximate surface area is 100 Å². The van der Waals surface area contributed by atoms with Crippen LogP contribution in [0.5, 0.6) is 0 Å². The van der Waals surface area contributed by atoms with Gasteiger partial charge in [-0.3, -0.25) is 9.69 Å². The summed E-state index contributed by atoms with van der Waals surface area (Å²) in [6, 6.07) is 0.558. The van der Waals surface area contributed by atoms with E-state index in [1.165, 1.54) is 18.4 Å². The number of rotatable bonds is 1. The molecule has 1 aliphatic heterocycles. The largest absolute Gasteiger partial charge is 0.467 e. The molecule has 1 unspecified atom stereocenters. The van der Waals surface area contributed by atoms with Crippen LogP contribution in [0.3, 0.4) is 0 Å². The summed E-state index contributed by atoms with van der Waals surface area (Å²) in [6.45, 7) is -0.321. The quantitative estimate of drug-likeness (QED) is 0.761. The minimum absolute atomic E-state index is 0.302. The second-order valence-electron chi connectivity index (χ2n) is 3.46. The molecule has 1 aromatic heterocycles. The number of ether oxygens (including phenoxy) is 1. The highest BCUT2D eigenvalue weighted by atomic mass is 32.1. The number of hydrogen-bond donors (Lipinski definition) is 1. The molecule has 2 rings (SSSR count). The van der Waals surface area contributed by atoms with E-state index in [9.17, 15) is 14.4 Å². The van der Waals surface area contributed by atoms with Crippen LogP contribution in [0.15, 0.2) is 11.4 Å². The summed E-state index contributed by atoms with van der Waals surface area (Å²) in [5, 5.41) is 10.7. The number of hydrogen-bond acceptors (Lipinski definition) is 5. The molecule has 0 bridgehead atoms. The number of thiophene rings is 1.